The molecule has 0 rings (SSSR count). The molecule has 0 N–H and O–H groups in total. The summed E-state index contributed by atoms with van der Waals surface area (Å²) in [5.41, 5.74) is 0. The second-order valence-corrected chi connectivity index (χ2v) is 21.3. The first-order chi connectivity index (χ1) is 38.0. The normalized spacial score (nSPS) is 12.8. The molecule has 6 heteroatoms. The maximum absolute atomic E-state index is 12.9. The van der Waals surface area contributed by atoms with E-state index in [4.69, 9.17) is 14.2 Å². The summed E-state index contributed by atoms with van der Waals surface area (Å²) in [6.45, 7) is 6.49. The van der Waals surface area contributed by atoms with Gasteiger partial charge in [-0.1, -0.05) is 291 Å². The molecule has 0 aliphatic heterocycles. The van der Waals surface area contributed by atoms with Crippen LogP contribution in [-0.4, -0.2) is 37.2 Å². The molecule has 0 aromatic rings. The maximum atomic E-state index is 12.9. The van der Waals surface area contributed by atoms with E-state index >= 15 is 0 Å². The Morgan fingerprint density at radius 3 is 0.857 bits per heavy atom. The number of ether oxygens (including phenoxy) is 3. The van der Waals surface area contributed by atoms with Gasteiger partial charge in [0.2, 0.25) is 0 Å². The second-order valence-electron chi connectivity index (χ2n) is 21.3. The Morgan fingerprint density at radius 1 is 0.273 bits per heavy atom. The molecule has 0 aliphatic rings. The van der Waals surface area contributed by atoms with Crippen molar-refractivity contribution in [1.29, 1.82) is 0 Å². The van der Waals surface area contributed by atoms with Crippen molar-refractivity contribution in [1.82, 2.24) is 0 Å². The van der Waals surface area contributed by atoms with Crippen LogP contribution >= 0.6 is 0 Å². The third-order valence-corrected chi connectivity index (χ3v) is 13.8. The number of allylic oxidation sites excluding steroid dienone is 18. The van der Waals surface area contributed by atoms with Crippen LogP contribution in [0.15, 0.2) is 109 Å². The van der Waals surface area contributed by atoms with E-state index in [0.717, 1.165) is 103 Å². The Labute approximate surface area is 476 Å². The van der Waals surface area contributed by atoms with Gasteiger partial charge in [0, 0.05) is 19.3 Å². The van der Waals surface area contributed by atoms with E-state index in [9.17, 15) is 14.4 Å². The Kier molecular flexibility index (Phi) is 61.3. The molecule has 0 bridgehead atoms. The minimum atomic E-state index is -0.808. The van der Waals surface area contributed by atoms with Gasteiger partial charge in [0.25, 0.3) is 0 Å². The molecule has 0 radical (unpaired) electrons. The topological polar surface area (TPSA) is 78.9 Å². The molecular formula is C71H120O6. The zero-order chi connectivity index (χ0) is 55.7. The van der Waals surface area contributed by atoms with Crippen molar-refractivity contribution in [2.24, 2.45) is 0 Å². The van der Waals surface area contributed by atoms with Crippen molar-refractivity contribution >= 4 is 17.9 Å². The highest BCUT2D eigenvalue weighted by Gasteiger charge is 2.19. The number of hydrogen-bond acceptors (Lipinski definition) is 6. The lowest BCUT2D eigenvalue weighted by Crippen LogP contribution is -2.30. The van der Waals surface area contributed by atoms with E-state index in [1.807, 2.05) is 0 Å². The molecule has 1 atom stereocenters. The zero-order valence-electron chi connectivity index (χ0n) is 50.4. The lowest BCUT2D eigenvalue weighted by atomic mass is 10.0. The van der Waals surface area contributed by atoms with Crippen molar-refractivity contribution in [3.63, 3.8) is 0 Å². The largest absolute Gasteiger partial charge is 0.462 e. The van der Waals surface area contributed by atoms with Crippen LogP contribution in [0.2, 0.25) is 0 Å². The molecule has 440 valence electrons. The summed E-state index contributed by atoms with van der Waals surface area (Å²) < 4.78 is 16.9. The van der Waals surface area contributed by atoms with E-state index in [0.29, 0.717) is 19.3 Å². The van der Waals surface area contributed by atoms with Crippen LogP contribution in [0, 0.1) is 0 Å². The van der Waals surface area contributed by atoms with E-state index in [1.54, 1.807) is 0 Å². The predicted molar refractivity (Wildman–Crippen MR) is 334 cm³/mol. The summed E-state index contributed by atoms with van der Waals surface area (Å²) in [7, 11) is 0. The van der Waals surface area contributed by atoms with Gasteiger partial charge in [-0.05, 0) is 103 Å². The molecule has 0 aliphatic carbocycles. The van der Waals surface area contributed by atoms with Crippen LogP contribution in [0.3, 0.4) is 0 Å². The Morgan fingerprint density at radius 2 is 0.519 bits per heavy atom. The molecule has 0 amide bonds. The summed E-state index contributed by atoms with van der Waals surface area (Å²) >= 11 is 0. The smallest absolute Gasteiger partial charge is 0.306 e. The fourth-order valence-electron chi connectivity index (χ4n) is 8.93. The Bertz CT molecular complexity index is 1560. The number of carbonyl (C=O) groups excluding carboxylic acids is 3. The first kappa shape index (κ1) is 73.1. The molecule has 0 spiro atoms. The molecule has 6 nitrogen and oxygen atoms in total. The lowest BCUT2D eigenvalue weighted by Gasteiger charge is -2.18. The van der Waals surface area contributed by atoms with Gasteiger partial charge in [0.05, 0.1) is 0 Å². The zero-order valence-corrected chi connectivity index (χ0v) is 50.4. The first-order valence-corrected chi connectivity index (χ1v) is 32.4. The average molecular weight is 1070 g/mol. The van der Waals surface area contributed by atoms with Crippen molar-refractivity contribution in [2.45, 2.75) is 309 Å². The van der Waals surface area contributed by atoms with Gasteiger partial charge in [-0.2, -0.15) is 0 Å². The van der Waals surface area contributed by atoms with E-state index in [-0.39, 0.29) is 37.5 Å². The SMILES string of the molecule is CC/C=C\C/C=C\C/C=C\C/C=C\C/C=C\C/C=C\C/C=C\CCCC(=O)OCC(COC(=O)CCCCCCCCCCCCCCCCCCCC)OC(=O)CCCCCCCCC/C=C\C/C=C\CCCCCC. The highest BCUT2D eigenvalue weighted by molar-refractivity contribution is 5.71. The van der Waals surface area contributed by atoms with Gasteiger partial charge in [-0.15, -0.1) is 0 Å². The number of unbranched alkanes of at least 4 members (excludes halogenated alkanes) is 29. The van der Waals surface area contributed by atoms with Crippen molar-refractivity contribution < 1.29 is 28.6 Å². The molecule has 77 heavy (non-hydrogen) atoms. The van der Waals surface area contributed by atoms with Gasteiger partial charge in [0.15, 0.2) is 6.10 Å². The van der Waals surface area contributed by atoms with Crippen molar-refractivity contribution in [3.05, 3.63) is 109 Å². The Hall–Kier alpha value is -3.93. The van der Waals surface area contributed by atoms with E-state index < -0.39 is 6.10 Å². The summed E-state index contributed by atoms with van der Waals surface area (Å²) in [6.07, 6.45) is 88.1. The predicted octanol–water partition coefficient (Wildman–Crippen LogP) is 22.2. The van der Waals surface area contributed by atoms with Gasteiger partial charge in [0.1, 0.15) is 13.2 Å². The fraction of sp³-hybridized carbons (Fsp3) is 0.704. The van der Waals surface area contributed by atoms with Gasteiger partial charge in [-0.25, -0.2) is 0 Å². The number of rotatable bonds is 58. The fourth-order valence-corrected chi connectivity index (χ4v) is 8.93. The number of esters is 3. The highest BCUT2D eigenvalue weighted by Crippen LogP contribution is 2.16. The molecule has 0 fully saturated rings. The second kappa shape index (κ2) is 64.6. The summed E-state index contributed by atoms with van der Waals surface area (Å²) in [5, 5.41) is 0. The third-order valence-electron chi connectivity index (χ3n) is 13.8. The van der Waals surface area contributed by atoms with E-state index in [2.05, 4.69) is 130 Å². The van der Waals surface area contributed by atoms with Crippen molar-refractivity contribution in [2.75, 3.05) is 13.2 Å². The first-order valence-electron chi connectivity index (χ1n) is 32.4. The molecule has 0 heterocycles. The number of hydrogen-bond donors (Lipinski definition) is 0. The van der Waals surface area contributed by atoms with Crippen LogP contribution in [0.4, 0.5) is 0 Å². The standard InChI is InChI=1S/C71H120O6/c1-4-7-10-13-16-19-22-25-28-31-34-35-36-37-38-41-43-46-49-52-55-58-61-64-70(73)76-67-68(77-71(74)65-62-59-56-53-50-47-44-40-33-30-27-24-21-18-15-12-9-6-3)66-75-69(72)63-60-57-54-51-48-45-42-39-32-29-26-23-20-17-14-11-8-5-2/h7,10,16,19,21,24-25,28,30,33-35,37-38,43,46,52,55,68H,4-6,8-9,11-15,17-18,20,22-23,26-27,29,31-32,36,39-42,44-45,47-51,53-54,56-67H2,1-3H3/b10-7-,19-16-,24-21-,28-25-,33-30-,35-34-,38-37-,46-43-,55-52-. The molecule has 0 aromatic heterocycles. The quantitative estimate of drug-likeness (QED) is 0.0261. The summed E-state index contributed by atoms with van der Waals surface area (Å²) in [5.74, 6) is -0.958. The molecule has 0 aromatic carbocycles. The molecule has 0 saturated heterocycles. The van der Waals surface area contributed by atoms with Crippen LogP contribution in [0.25, 0.3) is 0 Å². The minimum absolute atomic E-state index is 0.0980. The summed E-state index contributed by atoms with van der Waals surface area (Å²) in [4.78, 5) is 38.3. The van der Waals surface area contributed by atoms with Crippen LogP contribution in [-0.2, 0) is 28.6 Å². The van der Waals surface area contributed by atoms with Crippen LogP contribution in [0.5, 0.6) is 0 Å². The average Bonchev–Trinajstić information content (AvgIpc) is 3.43. The van der Waals surface area contributed by atoms with Crippen LogP contribution < -0.4 is 0 Å². The third kappa shape index (κ3) is 62.8. The molecule has 1 unspecified atom stereocenters. The lowest BCUT2D eigenvalue weighted by molar-refractivity contribution is -0.167. The Balaban J connectivity index is 4.48. The van der Waals surface area contributed by atoms with Crippen LogP contribution in [0.1, 0.15) is 303 Å². The molecular weight excluding hydrogens is 949 g/mol. The number of carbonyl (C=O) groups is 3. The maximum Gasteiger partial charge on any atom is 0.306 e. The van der Waals surface area contributed by atoms with E-state index in [1.165, 1.54) is 154 Å². The minimum Gasteiger partial charge on any atom is -0.462 e. The van der Waals surface area contributed by atoms with Gasteiger partial charge < -0.3 is 14.2 Å². The molecule has 0 saturated carbocycles. The van der Waals surface area contributed by atoms with Crippen molar-refractivity contribution in [3.8, 4) is 0 Å². The summed E-state index contributed by atoms with van der Waals surface area (Å²) in [6, 6.07) is 0. The highest BCUT2D eigenvalue weighted by atomic mass is 16.6. The monoisotopic (exact) mass is 1070 g/mol. The van der Waals surface area contributed by atoms with Gasteiger partial charge >= 0.3 is 17.9 Å². The van der Waals surface area contributed by atoms with Gasteiger partial charge in [-0.3, -0.25) is 14.4 Å².